The van der Waals surface area contributed by atoms with E-state index < -0.39 is 5.97 Å². The minimum atomic E-state index is -0.900. The molecular formula is C9H12N2O2. The highest BCUT2D eigenvalue weighted by Gasteiger charge is 2.00. The number of hydrazine groups is 1. The summed E-state index contributed by atoms with van der Waals surface area (Å²) in [7, 11) is 0. The van der Waals surface area contributed by atoms with Gasteiger partial charge in [-0.3, -0.25) is 11.3 Å². The molecule has 0 saturated heterocycles. The number of hydrogen-bond acceptors (Lipinski definition) is 3. The minimum absolute atomic E-state index is 0.310. The third-order valence-corrected chi connectivity index (χ3v) is 1.76. The standard InChI is InChI=1S/C9H12N2O2/c10-11-6-5-7-1-3-8(4-2-7)9(12)13/h1-4,11H,5-6,10H2,(H,12,13). The number of carbonyl (C=O) groups is 1. The van der Waals surface area contributed by atoms with E-state index in [4.69, 9.17) is 10.9 Å². The van der Waals surface area contributed by atoms with Crippen molar-refractivity contribution in [3.8, 4) is 0 Å². The number of carboxylic acids is 1. The van der Waals surface area contributed by atoms with E-state index in [0.29, 0.717) is 12.1 Å². The second-order valence-electron chi connectivity index (χ2n) is 2.71. The molecule has 0 radical (unpaired) electrons. The third-order valence-electron chi connectivity index (χ3n) is 1.76. The molecule has 4 heteroatoms. The second kappa shape index (κ2) is 4.59. The summed E-state index contributed by atoms with van der Waals surface area (Å²) >= 11 is 0. The van der Waals surface area contributed by atoms with Crippen molar-refractivity contribution in [1.82, 2.24) is 5.43 Å². The summed E-state index contributed by atoms with van der Waals surface area (Å²) in [6, 6.07) is 6.77. The van der Waals surface area contributed by atoms with Gasteiger partial charge in [0.25, 0.3) is 0 Å². The van der Waals surface area contributed by atoms with E-state index >= 15 is 0 Å². The summed E-state index contributed by atoms with van der Waals surface area (Å²) in [6.45, 7) is 0.687. The van der Waals surface area contributed by atoms with Gasteiger partial charge in [0.2, 0.25) is 0 Å². The minimum Gasteiger partial charge on any atom is -0.478 e. The molecule has 0 aromatic heterocycles. The normalized spacial score (nSPS) is 9.92. The first kappa shape index (κ1) is 9.70. The maximum Gasteiger partial charge on any atom is 0.335 e. The van der Waals surface area contributed by atoms with Crippen LogP contribution in [-0.2, 0) is 6.42 Å². The Morgan fingerprint density at radius 1 is 1.38 bits per heavy atom. The molecule has 4 N–H and O–H groups in total. The Morgan fingerprint density at radius 2 is 2.00 bits per heavy atom. The lowest BCUT2D eigenvalue weighted by molar-refractivity contribution is 0.0697. The van der Waals surface area contributed by atoms with E-state index in [1.807, 2.05) is 0 Å². The monoisotopic (exact) mass is 180 g/mol. The highest BCUT2D eigenvalue weighted by atomic mass is 16.4. The summed E-state index contributed by atoms with van der Waals surface area (Å²) < 4.78 is 0. The topological polar surface area (TPSA) is 75.3 Å². The molecule has 4 nitrogen and oxygen atoms in total. The van der Waals surface area contributed by atoms with Crippen LogP contribution in [0, 0.1) is 0 Å². The molecule has 13 heavy (non-hydrogen) atoms. The average molecular weight is 180 g/mol. The predicted octanol–water partition coefficient (Wildman–Crippen LogP) is 0.391. The molecule has 0 saturated carbocycles. The van der Waals surface area contributed by atoms with Crippen molar-refractivity contribution in [3.63, 3.8) is 0 Å². The molecule has 0 fully saturated rings. The molecule has 0 unspecified atom stereocenters. The summed E-state index contributed by atoms with van der Waals surface area (Å²) in [5.41, 5.74) is 3.92. The molecule has 1 rings (SSSR count). The van der Waals surface area contributed by atoms with Crippen LogP contribution in [0.1, 0.15) is 15.9 Å². The second-order valence-corrected chi connectivity index (χ2v) is 2.71. The van der Waals surface area contributed by atoms with E-state index in [2.05, 4.69) is 5.43 Å². The maximum absolute atomic E-state index is 10.5. The fourth-order valence-corrected chi connectivity index (χ4v) is 1.03. The number of nitrogens with one attached hydrogen (secondary N) is 1. The van der Waals surface area contributed by atoms with E-state index in [0.717, 1.165) is 12.0 Å². The molecule has 70 valence electrons. The van der Waals surface area contributed by atoms with Crippen LogP contribution in [0.3, 0.4) is 0 Å². The van der Waals surface area contributed by atoms with Crippen LogP contribution < -0.4 is 11.3 Å². The summed E-state index contributed by atoms with van der Waals surface area (Å²) in [6.07, 6.45) is 0.802. The number of hydrogen-bond donors (Lipinski definition) is 3. The van der Waals surface area contributed by atoms with Gasteiger partial charge in [-0.25, -0.2) is 4.79 Å². The first-order chi connectivity index (χ1) is 6.24. The van der Waals surface area contributed by atoms with Crippen molar-refractivity contribution in [2.75, 3.05) is 6.54 Å². The molecule has 0 aliphatic heterocycles. The Kier molecular flexibility index (Phi) is 3.42. The molecule has 0 aliphatic carbocycles. The van der Waals surface area contributed by atoms with Crippen molar-refractivity contribution in [1.29, 1.82) is 0 Å². The fourth-order valence-electron chi connectivity index (χ4n) is 1.03. The quantitative estimate of drug-likeness (QED) is 0.463. The maximum atomic E-state index is 10.5. The van der Waals surface area contributed by atoms with Gasteiger partial charge in [-0.15, -0.1) is 0 Å². The molecule has 0 amide bonds. The molecular weight excluding hydrogens is 168 g/mol. The van der Waals surface area contributed by atoms with Gasteiger partial charge >= 0.3 is 5.97 Å². The summed E-state index contributed by atoms with van der Waals surface area (Å²) in [5, 5.41) is 8.62. The van der Waals surface area contributed by atoms with Crippen LogP contribution >= 0.6 is 0 Å². The van der Waals surface area contributed by atoms with Crippen LogP contribution in [0.2, 0.25) is 0 Å². The Labute approximate surface area is 76.3 Å². The zero-order valence-electron chi connectivity index (χ0n) is 7.16. The summed E-state index contributed by atoms with van der Waals surface area (Å²) in [4.78, 5) is 10.5. The van der Waals surface area contributed by atoms with Crippen molar-refractivity contribution >= 4 is 5.97 Å². The molecule has 0 spiro atoms. The molecule has 0 aliphatic rings. The number of nitrogens with two attached hydrogens (primary N) is 1. The third kappa shape index (κ3) is 2.85. The van der Waals surface area contributed by atoms with Crippen molar-refractivity contribution < 1.29 is 9.90 Å². The smallest absolute Gasteiger partial charge is 0.335 e. The number of rotatable bonds is 4. The van der Waals surface area contributed by atoms with Crippen molar-refractivity contribution in [3.05, 3.63) is 35.4 Å². The van der Waals surface area contributed by atoms with Crippen LogP contribution in [0.5, 0.6) is 0 Å². The van der Waals surface area contributed by atoms with Crippen LogP contribution in [-0.4, -0.2) is 17.6 Å². The SMILES string of the molecule is NNCCc1ccc(C(=O)O)cc1. The molecule has 0 atom stereocenters. The molecule has 0 bridgehead atoms. The average Bonchev–Trinajstić information content (AvgIpc) is 2.15. The van der Waals surface area contributed by atoms with Gasteiger partial charge in [0.05, 0.1) is 5.56 Å². The zero-order chi connectivity index (χ0) is 9.68. The summed E-state index contributed by atoms with van der Waals surface area (Å²) in [5.74, 6) is 4.21. The number of benzene rings is 1. The van der Waals surface area contributed by atoms with Gasteiger partial charge in [0, 0.05) is 6.54 Å². The van der Waals surface area contributed by atoms with Gasteiger partial charge in [-0.1, -0.05) is 12.1 Å². The van der Waals surface area contributed by atoms with E-state index in [1.165, 1.54) is 0 Å². The number of carboxylic acid groups (broad SMARTS) is 1. The van der Waals surface area contributed by atoms with Crippen molar-refractivity contribution in [2.45, 2.75) is 6.42 Å². The highest BCUT2D eigenvalue weighted by Crippen LogP contribution is 2.04. The molecule has 1 aromatic rings. The van der Waals surface area contributed by atoms with Gasteiger partial charge in [0.15, 0.2) is 0 Å². The van der Waals surface area contributed by atoms with E-state index in [-0.39, 0.29) is 0 Å². The van der Waals surface area contributed by atoms with Gasteiger partial charge < -0.3 is 5.11 Å². The Hall–Kier alpha value is -1.39. The Bertz CT molecular complexity index is 282. The van der Waals surface area contributed by atoms with Gasteiger partial charge in [0.1, 0.15) is 0 Å². The van der Waals surface area contributed by atoms with Crippen LogP contribution in [0.4, 0.5) is 0 Å². The molecule has 1 aromatic carbocycles. The molecule has 0 heterocycles. The lowest BCUT2D eigenvalue weighted by Gasteiger charge is -2.00. The van der Waals surface area contributed by atoms with E-state index in [1.54, 1.807) is 24.3 Å². The highest BCUT2D eigenvalue weighted by molar-refractivity contribution is 5.87. The Balaban J connectivity index is 2.64. The van der Waals surface area contributed by atoms with Crippen molar-refractivity contribution in [2.24, 2.45) is 5.84 Å². The van der Waals surface area contributed by atoms with Crippen LogP contribution in [0.25, 0.3) is 0 Å². The zero-order valence-corrected chi connectivity index (χ0v) is 7.16. The van der Waals surface area contributed by atoms with Gasteiger partial charge in [-0.2, -0.15) is 0 Å². The van der Waals surface area contributed by atoms with Crippen LogP contribution in [0.15, 0.2) is 24.3 Å². The Morgan fingerprint density at radius 3 is 2.46 bits per heavy atom. The number of aromatic carboxylic acids is 1. The predicted molar refractivity (Wildman–Crippen MR) is 49.3 cm³/mol. The first-order valence-electron chi connectivity index (χ1n) is 3.99. The fraction of sp³-hybridized carbons (Fsp3) is 0.222. The van der Waals surface area contributed by atoms with Gasteiger partial charge in [-0.05, 0) is 24.1 Å². The van der Waals surface area contributed by atoms with E-state index in [9.17, 15) is 4.79 Å². The first-order valence-corrected chi connectivity index (χ1v) is 3.99. The lowest BCUT2D eigenvalue weighted by atomic mass is 10.1. The largest absolute Gasteiger partial charge is 0.478 e. The lowest BCUT2D eigenvalue weighted by Crippen LogP contribution is -2.24.